The second-order valence-electron chi connectivity index (χ2n) is 7.97. The molecule has 4 rings (SSSR count). The Balaban J connectivity index is 1.52. The van der Waals surface area contributed by atoms with E-state index in [1.54, 1.807) is 18.2 Å². The lowest BCUT2D eigenvalue weighted by molar-refractivity contribution is -0.119. The molecule has 1 aromatic heterocycles. The highest BCUT2D eigenvalue weighted by molar-refractivity contribution is 6.06. The number of hydrogen-bond donors (Lipinski definition) is 1. The molecule has 2 aromatic carbocycles. The summed E-state index contributed by atoms with van der Waals surface area (Å²) in [6, 6.07) is 12.6. The number of pyridine rings is 1. The highest BCUT2D eigenvalue weighted by atomic mass is 16.5. The number of carbonyl (C=O) groups excluding carboxylic acids is 2. The molecule has 1 amide bonds. The van der Waals surface area contributed by atoms with Gasteiger partial charge in [-0.15, -0.1) is 0 Å². The Morgan fingerprint density at radius 2 is 1.88 bits per heavy atom. The van der Waals surface area contributed by atoms with Gasteiger partial charge in [0.15, 0.2) is 18.1 Å². The quantitative estimate of drug-likeness (QED) is 0.586. The molecule has 0 saturated heterocycles. The Labute approximate surface area is 186 Å². The van der Waals surface area contributed by atoms with Gasteiger partial charge in [-0.2, -0.15) is 0 Å². The molecule has 0 aliphatic heterocycles. The summed E-state index contributed by atoms with van der Waals surface area (Å²) in [6.07, 6.45) is 2.65. The maximum absolute atomic E-state index is 13.1. The Hall–Kier alpha value is -3.61. The van der Waals surface area contributed by atoms with Gasteiger partial charge in [-0.05, 0) is 48.9 Å². The first-order chi connectivity index (χ1) is 15.5. The van der Waals surface area contributed by atoms with E-state index in [0.29, 0.717) is 28.7 Å². The number of carbonyl (C=O) groups is 2. The zero-order chi connectivity index (χ0) is 22.7. The first-order valence-corrected chi connectivity index (χ1v) is 10.6. The largest absolute Gasteiger partial charge is 0.493 e. The number of hydrogen-bond acceptors (Lipinski definition) is 6. The molecule has 1 aliphatic rings. The number of nitrogens with one attached hydrogen (secondary N) is 1. The number of para-hydroxylation sites is 1. The van der Waals surface area contributed by atoms with Crippen molar-refractivity contribution < 1.29 is 23.8 Å². The third kappa shape index (κ3) is 4.37. The van der Waals surface area contributed by atoms with E-state index in [1.807, 2.05) is 24.3 Å². The van der Waals surface area contributed by atoms with E-state index in [1.165, 1.54) is 14.2 Å². The van der Waals surface area contributed by atoms with Crippen molar-refractivity contribution >= 4 is 28.5 Å². The van der Waals surface area contributed by atoms with E-state index in [2.05, 4.69) is 12.2 Å². The van der Waals surface area contributed by atoms with Gasteiger partial charge in [0.05, 0.1) is 25.3 Å². The minimum Gasteiger partial charge on any atom is -0.493 e. The second-order valence-corrected chi connectivity index (χ2v) is 7.97. The van der Waals surface area contributed by atoms with E-state index < -0.39 is 18.5 Å². The first-order valence-electron chi connectivity index (χ1n) is 10.6. The summed E-state index contributed by atoms with van der Waals surface area (Å²) in [4.78, 5) is 30.3. The molecule has 0 bridgehead atoms. The van der Waals surface area contributed by atoms with Crippen LogP contribution in [0.2, 0.25) is 0 Å². The van der Waals surface area contributed by atoms with E-state index in [4.69, 9.17) is 19.2 Å². The Morgan fingerprint density at radius 1 is 1.09 bits per heavy atom. The number of rotatable bonds is 6. The van der Waals surface area contributed by atoms with Crippen molar-refractivity contribution in [3.05, 3.63) is 59.3 Å². The van der Waals surface area contributed by atoms with Crippen LogP contribution in [0.25, 0.3) is 10.9 Å². The van der Waals surface area contributed by atoms with E-state index >= 15 is 0 Å². The molecular formula is C25H26N2O5. The summed E-state index contributed by atoms with van der Waals surface area (Å²) in [5.74, 6) is 0.569. The van der Waals surface area contributed by atoms with Crippen molar-refractivity contribution in [3.8, 4) is 11.5 Å². The molecule has 1 N–H and O–H groups in total. The SMILES string of the molecule is COc1ccc(NC(=O)COC(=O)c2c3c(nc4ccccc24)CCC(C)C3)cc1OC. The lowest BCUT2D eigenvalue weighted by atomic mass is 9.84. The fourth-order valence-corrected chi connectivity index (χ4v) is 4.11. The molecule has 166 valence electrons. The Morgan fingerprint density at radius 3 is 2.66 bits per heavy atom. The van der Waals surface area contributed by atoms with Gasteiger partial charge in [0, 0.05) is 22.8 Å². The lowest BCUT2D eigenvalue weighted by Crippen LogP contribution is -2.23. The minimum absolute atomic E-state index is 0.395. The van der Waals surface area contributed by atoms with Crippen LogP contribution in [0.3, 0.4) is 0 Å². The van der Waals surface area contributed by atoms with Crippen LogP contribution in [0.5, 0.6) is 11.5 Å². The number of aryl methyl sites for hydroxylation is 1. The number of nitrogens with zero attached hydrogens (tertiary/aromatic N) is 1. The molecular weight excluding hydrogens is 408 g/mol. The van der Waals surface area contributed by atoms with Crippen LogP contribution in [0, 0.1) is 5.92 Å². The van der Waals surface area contributed by atoms with E-state index in [0.717, 1.165) is 41.4 Å². The highest BCUT2D eigenvalue weighted by Crippen LogP contribution is 2.32. The molecule has 1 unspecified atom stereocenters. The summed E-state index contributed by atoms with van der Waals surface area (Å²) < 4.78 is 15.9. The maximum Gasteiger partial charge on any atom is 0.339 e. The molecule has 1 aliphatic carbocycles. The van der Waals surface area contributed by atoms with Crippen molar-refractivity contribution in [1.82, 2.24) is 4.98 Å². The molecule has 0 saturated carbocycles. The zero-order valence-electron chi connectivity index (χ0n) is 18.4. The predicted molar refractivity (Wildman–Crippen MR) is 121 cm³/mol. The minimum atomic E-state index is -0.503. The van der Waals surface area contributed by atoms with E-state index in [-0.39, 0.29) is 0 Å². The fourth-order valence-electron chi connectivity index (χ4n) is 4.11. The molecule has 7 heteroatoms. The van der Waals surface area contributed by atoms with Gasteiger partial charge in [-0.1, -0.05) is 25.1 Å². The summed E-state index contributed by atoms with van der Waals surface area (Å²) in [7, 11) is 3.06. The van der Waals surface area contributed by atoms with Crippen molar-refractivity contribution in [2.45, 2.75) is 26.2 Å². The smallest absolute Gasteiger partial charge is 0.339 e. The van der Waals surface area contributed by atoms with Gasteiger partial charge >= 0.3 is 5.97 Å². The summed E-state index contributed by atoms with van der Waals surface area (Å²) in [5, 5.41) is 3.47. The fraction of sp³-hybridized carbons (Fsp3) is 0.320. The van der Waals surface area contributed by atoms with Crippen LogP contribution < -0.4 is 14.8 Å². The monoisotopic (exact) mass is 434 g/mol. The van der Waals surface area contributed by atoms with Crippen LogP contribution >= 0.6 is 0 Å². The van der Waals surface area contributed by atoms with Crippen molar-refractivity contribution in [3.63, 3.8) is 0 Å². The number of esters is 1. The summed E-state index contributed by atoms with van der Waals surface area (Å²) in [5.41, 5.74) is 3.69. The third-order valence-corrected chi connectivity index (χ3v) is 5.71. The van der Waals surface area contributed by atoms with Crippen LogP contribution in [-0.2, 0) is 22.4 Å². The van der Waals surface area contributed by atoms with Crippen LogP contribution in [0.4, 0.5) is 5.69 Å². The Kier molecular flexibility index (Phi) is 6.25. The number of methoxy groups -OCH3 is 2. The number of anilines is 1. The van der Waals surface area contributed by atoms with Gasteiger partial charge in [-0.25, -0.2) is 4.79 Å². The number of benzene rings is 2. The van der Waals surface area contributed by atoms with Gasteiger partial charge < -0.3 is 19.5 Å². The molecule has 0 fully saturated rings. The van der Waals surface area contributed by atoms with Crippen molar-refractivity contribution in [2.24, 2.45) is 5.92 Å². The van der Waals surface area contributed by atoms with Crippen LogP contribution in [0.1, 0.15) is 35.0 Å². The third-order valence-electron chi connectivity index (χ3n) is 5.71. The zero-order valence-corrected chi connectivity index (χ0v) is 18.4. The van der Waals surface area contributed by atoms with Crippen LogP contribution in [-0.4, -0.2) is 37.7 Å². The van der Waals surface area contributed by atoms with Gasteiger partial charge in [0.2, 0.25) is 0 Å². The molecule has 0 spiro atoms. The standard InChI is InChI=1S/C25H26N2O5/c1-15-8-10-20-18(12-15)24(17-6-4-5-7-19(17)27-20)25(29)32-14-23(28)26-16-9-11-21(30-2)22(13-16)31-3/h4-7,9,11,13,15H,8,10,12,14H2,1-3H3,(H,26,28). The summed E-state index contributed by atoms with van der Waals surface area (Å²) in [6.45, 7) is 1.78. The Bertz CT molecular complexity index is 1170. The van der Waals surface area contributed by atoms with Gasteiger partial charge in [-0.3, -0.25) is 9.78 Å². The molecule has 1 atom stereocenters. The molecule has 3 aromatic rings. The number of fused-ring (bicyclic) bond motifs is 2. The molecule has 7 nitrogen and oxygen atoms in total. The van der Waals surface area contributed by atoms with Gasteiger partial charge in [0.25, 0.3) is 5.91 Å². The molecule has 32 heavy (non-hydrogen) atoms. The number of ether oxygens (including phenoxy) is 3. The van der Waals surface area contributed by atoms with Gasteiger partial charge in [0.1, 0.15) is 0 Å². The lowest BCUT2D eigenvalue weighted by Gasteiger charge is -2.24. The highest BCUT2D eigenvalue weighted by Gasteiger charge is 2.26. The van der Waals surface area contributed by atoms with E-state index in [9.17, 15) is 9.59 Å². The maximum atomic E-state index is 13.1. The second kappa shape index (κ2) is 9.26. The normalized spacial score (nSPS) is 15.0. The first kappa shape index (κ1) is 21.6. The topological polar surface area (TPSA) is 86.8 Å². The molecule has 1 heterocycles. The van der Waals surface area contributed by atoms with Crippen molar-refractivity contribution in [2.75, 3.05) is 26.1 Å². The number of amides is 1. The summed E-state index contributed by atoms with van der Waals surface area (Å²) >= 11 is 0. The average molecular weight is 434 g/mol. The number of aromatic nitrogens is 1. The van der Waals surface area contributed by atoms with Crippen molar-refractivity contribution in [1.29, 1.82) is 0 Å². The predicted octanol–water partition coefficient (Wildman–Crippen LogP) is 4.17. The molecule has 0 radical (unpaired) electrons. The van der Waals surface area contributed by atoms with Crippen LogP contribution in [0.15, 0.2) is 42.5 Å². The average Bonchev–Trinajstić information content (AvgIpc) is 2.81.